The zero-order chi connectivity index (χ0) is 18.8. The number of hydrogen-bond acceptors (Lipinski definition) is 2. The average Bonchev–Trinajstić information content (AvgIpc) is 2.80. The molecule has 27 heavy (non-hydrogen) atoms. The minimum Gasteiger partial charge on any atom is -0.389 e. The maximum absolute atomic E-state index is 11.5. The lowest BCUT2D eigenvalue weighted by Crippen LogP contribution is -2.54. The van der Waals surface area contributed by atoms with Crippen LogP contribution in [0.25, 0.3) is 11.1 Å². The number of rotatable bonds is 0. The van der Waals surface area contributed by atoms with Gasteiger partial charge in [-0.05, 0) is 64.8 Å². The van der Waals surface area contributed by atoms with E-state index in [4.69, 9.17) is 0 Å². The van der Waals surface area contributed by atoms with Crippen molar-refractivity contribution in [1.82, 2.24) is 4.90 Å². The van der Waals surface area contributed by atoms with Gasteiger partial charge in [0.05, 0.1) is 5.60 Å². The molecule has 2 heteroatoms. The molecular formula is C25H31NO. The van der Waals surface area contributed by atoms with Gasteiger partial charge in [-0.3, -0.25) is 4.90 Å². The van der Waals surface area contributed by atoms with Crippen LogP contribution in [0.4, 0.5) is 0 Å². The van der Waals surface area contributed by atoms with Crippen LogP contribution in [0.2, 0.25) is 0 Å². The second-order valence-corrected chi connectivity index (χ2v) is 9.95. The van der Waals surface area contributed by atoms with Crippen molar-refractivity contribution in [2.24, 2.45) is 5.41 Å². The molecule has 3 aliphatic rings. The summed E-state index contributed by atoms with van der Waals surface area (Å²) < 4.78 is 0. The Balaban J connectivity index is 1.64. The number of hydrogen-bond donors (Lipinski definition) is 1. The summed E-state index contributed by atoms with van der Waals surface area (Å²) in [4.78, 5) is 2.66. The van der Waals surface area contributed by atoms with Crippen molar-refractivity contribution < 1.29 is 5.11 Å². The minimum atomic E-state index is -0.591. The molecule has 0 radical (unpaired) electrons. The second kappa shape index (κ2) is 5.93. The summed E-state index contributed by atoms with van der Waals surface area (Å²) in [5, 5.41) is 11.5. The molecule has 0 saturated carbocycles. The van der Waals surface area contributed by atoms with E-state index in [2.05, 4.69) is 68.1 Å². The van der Waals surface area contributed by atoms with Crippen molar-refractivity contribution in [3.05, 3.63) is 59.2 Å². The van der Waals surface area contributed by atoms with E-state index in [0.29, 0.717) is 12.0 Å². The molecule has 1 fully saturated rings. The number of piperidine rings is 1. The van der Waals surface area contributed by atoms with E-state index < -0.39 is 5.60 Å². The van der Waals surface area contributed by atoms with Crippen LogP contribution in [-0.2, 0) is 6.42 Å². The first kappa shape index (κ1) is 17.5. The number of benzene rings is 2. The minimum absolute atomic E-state index is 0.0890. The Kier molecular flexibility index (Phi) is 3.83. The van der Waals surface area contributed by atoms with Gasteiger partial charge in [-0.1, -0.05) is 63.2 Å². The predicted octanol–water partition coefficient (Wildman–Crippen LogP) is 5.31. The maximum Gasteiger partial charge on any atom is 0.0726 e. The molecule has 2 aliphatic heterocycles. The zero-order valence-corrected chi connectivity index (χ0v) is 16.8. The fraction of sp³-hybridized carbons (Fsp3) is 0.520. The molecule has 0 amide bonds. The third-order valence-electron chi connectivity index (χ3n) is 7.61. The van der Waals surface area contributed by atoms with Gasteiger partial charge in [0.25, 0.3) is 0 Å². The van der Waals surface area contributed by atoms with Crippen LogP contribution < -0.4 is 0 Å². The van der Waals surface area contributed by atoms with Crippen LogP contribution in [0.15, 0.2) is 42.5 Å². The Morgan fingerprint density at radius 1 is 1.04 bits per heavy atom. The average molecular weight is 362 g/mol. The number of aliphatic hydroxyl groups is 1. The summed E-state index contributed by atoms with van der Waals surface area (Å²) in [5.41, 5.74) is 6.72. The van der Waals surface area contributed by atoms with E-state index in [1.54, 1.807) is 5.56 Å². The molecule has 1 N–H and O–H groups in total. The van der Waals surface area contributed by atoms with E-state index in [-0.39, 0.29) is 5.41 Å². The molecule has 0 bridgehead atoms. The lowest BCUT2D eigenvalue weighted by molar-refractivity contribution is -0.120. The van der Waals surface area contributed by atoms with Crippen molar-refractivity contribution in [3.63, 3.8) is 0 Å². The van der Waals surface area contributed by atoms with Gasteiger partial charge in [0.1, 0.15) is 0 Å². The highest BCUT2D eigenvalue weighted by Gasteiger charge is 2.49. The fourth-order valence-electron chi connectivity index (χ4n) is 5.75. The first-order chi connectivity index (χ1) is 12.9. The normalized spacial score (nSPS) is 30.1. The van der Waals surface area contributed by atoms with Gasteiger partial charge in [0.15, 0.2) is 0 Å². The van der Waals surface area contributed by atoms with E-state index in [1.165, 1.54) is 35.1 Å². The predicted molar refractivity (Wildman–Crippen MR) is 111 cm³/mol. The lowest BCUT2D eigenvalue weighted by Gasteiger charge is -2.53. The van der Waals surface area contributed by atoms with Crippen LogP contribution in [0.3, 0.4) is 0 Å². The second-order valence-electron chi connectivity index (χ2n) is 9.95. The SMILES string of the molecule is CC(C)(C)C1(O)CCN2C[C@H]3CCc4ccccc4-c4cccc(c43)[C@@H]2C1. The Bertz CT molecular complexity index is 880. The number of aryl methyl sites for hydroxylation is 1. The smallest absolute Gasteiger partial charge is 0.0726 e. The van der Waals surface area contributed by atoms with Crippen LogP contribution >= 0.6 is 0 Å². The maximum atomic E-state index is 11.5. The van der Waals surface area contributed by atoms with Crippen LogP contribution in [0.5, 0.6) is 0 Å². The zero-order valence-electron chi connectivity index (χ0n) is 16.8. The van der Waals surface area contributed by atoms with E-state index >= 15 is 0 Å². The molecule has 1 saturated heterocycles. The Morgan fingerprint density at radius 2 is 1.81 bits per heavy atom. The summed E-state index contributed by atoms with van der Waals surface area (Å²) in [7, 11) is 0. The van der Waals surface area contributed by atoms with Crippen LogP contribution in [-0.4, -0.2) is 28.7 Å². The molecule has 0 aromatic heterocycles. The molecule has 5 rings (SSSR count). The third kappa shape index (κ3) is 2.61. The molecule has 2 aromatic rings. The molecule has 2 nitrogen and oxygen atoms in total. The van der Waals surface area contributed by atoms with Crippen molar-refractivity contribution in [3.8, 4) is 11.1 Å². The van der Waals surface area contributed by atoms with Crippen LogP contribution in [0.1, 0.15) is 68.7 Å². The summed E-state index contributed by atoms with van der Waals surface area (Å²) in [5.74, 6) is 0.612. The molecule has 3 atom stereocenters. The van der Waals surface area contributed by atoms with Gasteiger partial charge >= 0.3 is 0 Å². The summed E-state index contributed by atoms with van der Waals surface area (Å²) >= 11 is 0. The van der Waals surface area contributed by atoms with Crippen molar-refractivity contribution in [2.75, 3.05) is 13.1 Å². The molecular weight excluding hydrogens is 330 g/mol. The first-order valence-corrected chi connectivity index (χ1v) is 10.5. The monoisotopic (exact) mass is 361 g/mol. The molecule has 1 aliphatic carbocycles. The van der Waals surface area contributed by atoms with Crippen molar-refractivity contribution >= 4 is 0 Å². The highest BCUT2D eigenvalue weighted by atomic mass is 16.3. The highest BCUT2D eigenvalue weighted by Crippen LogP contribution is 2.52. The van der Waals surface area contributed by atoms with Crippen LogP contribution in [0, 0.1) is 5.41 Å². The number of fused-ring (bicyclic) bond motifs is 4. The largest absolute Gasteiger partial charge is 0.389 e. The third-order valence-corrected chi connectivity index (χ3v) is 7.61. The van der Waals surface area contributed by atoms with Crippen molar-refractivity contribution in [2.45, 2.75) is 64.0 Å². The van der Waals surface area contributed by atoms with Gasteiger partial charge in [-0.15, -0.1) is 0 Å². The molecule has 1 unspecified atom stereocenters. The first-order valence-electron chi connectivity index (χ1n) is 10.5. The Morgan fingerprint density at radius 3 is 2.63 bits per heavy atom. The van der Waals surface area contributed by atoms with Gasteiger partial charge in [0.2, 0.25) is 0 Å². The summed E-state index contributed by atoms with van der Waals surface area (Å²) in [6.45, 7) is 8.72. The standard InChI is InChI=1S/C25H31NO/c1-24(2,3)25(27)13-14-26-16-18-12-11-17-7-4-5-8-19(17)20-9-6-10-21(23(18)20)22(26)15-25/h4-10,18,22,27H,11-16H2,1-3H3/t18-,22+,25?/m1/s1. The Labute approximate surface area is 163 Å². The summed E-state index contributed by atoms with van der Waals surface area (Å²) in [6.07, 6.45) is 4.13. The fourth-order valence-corrected chi connectivity index (χ4v) is 5.75. The van der Waals surface area contributed by atoms with Gasteiger partial charge in [-0.25, -0.2) is 0 Å². The van der Waals surface area contributed by atoms with E-state index in [9.17, 15) is 5.11 Å². The topological polar surface area (TPSA) is 23.5 Å². The molecule has 142 valence electrons. The highest BCUT2D eigenvalue weighted by molar-refractivity contribution is 5.74. The molecule has 0 spiro atoms. The molecule has 2 heterocycles. The molecule has 2 aromatic carbocycles. The Hall–Kier alpha value is -1.64. The number of nitrogens with zero attached hydrogens (tertiary/aromatic N) is 1. The quantitative estimate of drug-likeness (QED) is 0.687. The van der Waals surface area contributed by atoms with Gasteiger partial charge in [0, 0.05) is 19.1 Å². The summed E-state index contributed by atoms with van der Waals surface area (Å²) in [6, 6.07) is 16.2. The van der Waals surface area contributed by atoms with E-state index in [0.717, 1.165) is 25.9 Å². The lowest BCUT2D eigenvalue weighted by atomic mass is 9.66. The van der Waals surface area contributed by atoms with E-state index in [1.807, 2.05) is 0 Å². The van der Waals surface area contributed by atoms with Gasteiger partial charge < -0.3 is 5.11 Å². The van der Waals surface area contributed by atoms with Gasteiger partial charge in [-0.2, -0.15) is 0 Å². The van der Waals surface area contributed by atoms with Crippen molar-refractivity contribution in [1.29, 1.82) is 0 Å².